The minimum atomic E-state index is -3.91. The smallest absolute Gasteiger partial charge is 0.319 e. The molecule has 0 radical (unpaired) electrons. The number of nitrogens with one attached hydrogen (secondary N) is 2. The fourth-order valence-electron chi connectivity index (χ4n) is 5.13. The molecule has 2 N–H and O–H groups in total. The fraction of sp³-hybridized carbons (Fsp3) is 0.600. The van der Waals surface area contributed by atoms with E-state index in [1.165, 1.54) is 17.7 Å². The van der Waals surface area contributed by atoms with Gasteiger partial charge in [-0.05, 0) is 25.3 Å². The van der Waals surface area contributed by atoms with E-state index in [1.54, 1.807) is 6.20 Å². The molecule has 2 aromatic heterocycles. The van der Waals surface area contributed by atoms with E-state index in [-0.39, 0.29) is 13.1 Å². The predicted molar refractivity (Wildman–Crippen MR) is 117 cm³/mol. The van der Waals surface area contributed by atoms with Gasteiger partial charge in [0.05, 0.1) is 10.9 Å². The van der Waals surface area contributed by atoms with Crippen LogP contribution in [-0.2, 0) is 19.8 Å². The van der Waals surface area contributed by atoms with E-state index in [0.717, 1.165) is 15.5 Å². The maximum Gasteiger partial charge on any atom is 0.319 e. The number of piperazine rings is 1. The SMILES string of the molecule is CN(C[C@@H]1CC(C(=O)F)(C(=O)F)CN1)S(=O)(=O)N1CCN(c2ncnc3[nH]ccc23)CC12CC2. The van der Waals surface area contributed by atoms with Gasteiger partial charge in [-0.25, -0.2) is 9.97 Å². The van der Waals surface area contributed by atoms with Gasteiger partial charge < -0.3 is 15.2 Å². The number of aromatic amines is 1. The summed E-state index contributed by atoms with van der Waals surface area (Å²) in [5, 5.41) is 3.59. The number of fused-ring (bicyclic) bond motifs is 1. The van der Waals surface area contributed by atoms with Gasteiger partial charge in [0.15, 0.2) is 5.41 Å². The number of nitrogens with zero attached hydrogens (tertiary/aromatic N) is 5. The summed E-state index contributed by atoms with van der Waals surface area (Å²) in [7, 11) is -2.52. The second-order valence-corrected chi connectivity index (χ2v) is 11.3. The number of H-pyrrole nitrogens is 1. The van der Waals surface area contributed by atoms with E-state index in [4.69, 9.17) is 0 Å². The summed E-state index contributed by atoms with van der Waals surface area (Å²) in [6, 6.07) is -2.94. The first-order chi connectivity index (χ1) is 16.1. The summed E-state index contributed by atoms with van der Waals surface area (Å²) in [6.45, 7) is 0.539. The second-order valence-electron chi connectivity index (χ2n) is 9.36. The lowest BCUT2D eigenvalue weighted by Gasteiger charge is -2.43. The Balaban J connectivity index is 1.30. The molecule has 0 unspecified atom stereocenters. The molecule has 1 spiro atoms. The number of carbonyl (C=O) groups is 2. The molecule has 11 nitrogen and oxygen atoms in total. The fourth-order valence-corrected chi connectivity index (χ4v) is 6.87. The van der Waals surface area contributed by atoms with Gasteiger partial charge in [0.2, 0.25) is 0 Å². The molecule has 0 bridgehead atoms. The van der Waals surface area contributed by atoms with Crippen LogP contribution in [0.5, 0.6) is 0 Å². The van der Waals surface area contributed by atoms with Crippen molar-refractivity contribution >= 4 is 39.1 Å². The second kappa shape index (κ2) is 8.00. The van der Waals surface area contributed by atoms with Crippen molar-refractivity contribution in [2.45, 2.75) is 30.8 Å². The highest BCUT2D eigenvalue weighted by atomic mass is 32.2. The Labute approximate surface area is 194 Å². The van der Waals surface area contributed by atoms with Crippen molar-refractivity contribution in [3.8, 4) is 0 Å². The lowest BCUT2D eigenvalue weighted by atomic mass is 9.87. The summed E-state index contributed by atoms with van der Waals surface area (Å²) < 4.78 is 56.4. The molecular formula is C20H25F2N7O4S. The van der Waals surface area contributed by atoms with E-state index in [0.29, 0.717) is 31.6 Å². The summed E-state index contributed by atoms with van der Waals surface area (Å²) in [4.78, 5) is 36.3. The number of rotatable bonds is 7. The summed E-state index contributed by atoms with van der Waals surface area (Å²) >= 11 is 0. The zero-order valence-electron chi connectivity index (χ0n) is 18.5. The zero-order valence-corrected chi connectivity index (χ0v) is 19.3. The van der Waals surface area contributed by atoms with E-state index in [2.05, 4.69) is 25.2 Å². The minimum absolute atomic E-state index is 0.128. The largest absolute Gasteiger partial charge is 0.353 e. The minimum Gasteiger partial charge on any atom is -0.353 e. The number of halogens is 2. The molecule has 1 saturated carbocycles. The molecule has 3 aliphatic rings. The lowest BCUT2D eigenvalue weighted by molar-refractivity contribution is -0.153. The van der Waals surface area contributed by atoms with Crippen LogP contribution < -0.4 is 10.2 Å². The van der Waals surface area contributed by atoms with Crippen LogP contribution >= 0.6 is 0 Å². The molecule has 2 aliphatic heterocycles. The Kier molecular flexibility index (Phi) is 5.46. The van der Waals surface area contributed by atoms with Crippen molar-refractivity contribution in [3.63, 3.8) is 0 Å². The Morgan fingerprint density at radius 1 is 1.24 bits per heavy atom. The average Bonchev–Trinajstić information content (AvgIpc) is 3.20. The van der Waals surface area contributed by atoms with Crippen LogP contribution in [0.1, 0.15) is 19.3 Å². The van der Waals surface area contributed by atoms with Crippen molar-refractivity contribution in [1.82, 2.24) is 28.9 Å². The summed E-state index contributed by atoms with van der Waals surface area (Å²) in [5.41, 5.74) is -2.24. The molecular weight excluding hydrogens is 472 g/mol. The molecule has 2 saturated heterocycles. The van der Waals surface area contributed by atoms with Gasteiger partial charge in [-0.1, -0.05) is 0 Å². The van der Waals surface area contributed by atoms with Gasteiger partial charge in [0, 0.05) is 52.0 Å². The monoisotopic (exact) mass is 497 g/mol. The predicted octanol–water partition coefficient (Wildman–Crippen LogP) is 0.130. The quantitative estimate of drug-likeness (QED) is 0.408. The maximum atomic E-state index is 13.5. The molecule has 3 fully saturated rings. The number of aromatic nitrogens is 3. The van der Waals surface area contributed by atoms with Crippen molar-refractivity contribution in [3.05, 3.63) is 18.6 Å². The highest BCUT2D eigenvalue weighted by Gasteiger charge is 2.57. The number of likely N-dealkylation sites (N-methyl/N-ethyl adjacent to an activating group) is 1. The number of carbonyl (C=O) groups excluding carboxylic acids is 2. The lowest BCUT2D eigenvalue weighted by Crippen LogP contribution is -2.60. The number of anilines is 1. The van der Waals surface area contributed by atoms with Gasteiger partial charge in [0.1, 0.15) is 17.8 Å². The van der Waals surface area contributed by atoms with Crippen LogP contribution in [0.15, 0.2) is 18.6 Å². The molecule has 0 aromatic carbocycles. The molecule has 4 heterocycles. The van der Waals surface area contributed by atoms with E-state index in [9.17, 15) is 26.8 Å². The van der Waals surface area contributed by atoms with Gasteiger partial charge in [-0.15, -0.1) is 0 Å². The van der Waals surface area contributed by atoms with E-state index < -0.39 is 52.2 Å². The first-order valence-electron chi connectivity index (χ1n) is 11.0. The maximum absolute atomic E-state index is 13.5. The standard InChI is InChI=1S/C20H25F2N7O4S/c1-27(9-13-8-20(10-24-13,17(21)30)18(22)31)34(32,33)29-7-6-28(11-19(29)3-4-19)16-14-2-5-23-15(14)25-12-26-16/h2,5,12-13,24H,3-4,6-11H2,1H3,(H,23,25,26)/t13-/m0/s1. The molecule has 184 valence electrons. The number of hydrogen-bond donors (Lipinski definition) is 2. The summed E-state index contributed by atoms with van der Waals surface area (Å²) in [5.74, 6) is 0.751. The van der Waals surface area contributed by atoms with Crippen molar-refractivity contribution in [2.75, 3.05) is 44.7 Å². The molecule has 2 aromatic rings. The summed E-state index contributed by atoms with van der Waals surface area (Å²) in [6.07, 6.45) is 4.23. The third-order valence-corrected chi connectivity index (χ3v) is 9.30. The molecule has 34 heavy (non-hydrogen) atoms. The Morgan fingerprint density at radius 3 is 2.62 bits per heavy atom. The topological polar surface area (TPSA) is 132 Å². The normalized spacial score (nSPS) is 24.2. The van der Waals surface area contributed by atoms with Crippen molar-refractivity contribution < 1.29 is 26.8 Å². The van der Waals surface area contributed by atoms with E-state index >= 15 is 0 Å². The van der Waals surface area contributed by atoms with Crippen LogP contribution in [0, 0.1) is 5.41 Å². The van der Waals surface area contributed by atoms with Crippen LogP contribution in [0.4, 0.5) is 14.6 Å². The average molecular weight is 498 g/mol. The molecule has 0 amide bonds. The Hall–Kier alpha value is -2.55. The number of hydrogen-bond acceptors (Lipinski definition) is 8. The molecule has 1 atom stereocenters. The first kappa shape index (κ1) is 23.2. The highest BCUT2D eigenvalue weighted by molar-refractivity contribution is 7.86. The Bertz CT molecular complexity index is 1230. The van der Waals surface area contributed by atoms with Crippen LogP contribution in [0.25, 0.3) is 11.0 Å². The van der Waals surface area contributed by atoms with Crippen LogP contribution in [0.2, 0.25) is 0 Å². The molecule has 1 aliphatic carbocycles. The third kappa shape index (κ3) is 3.59. The van der Waals surface area contributed by atoms with Gasteiger partial charge in [0.25, 0.3) is 10.2 Å². The van der Waals surface area contributed by atoms with E-state index in [1.807, 2.05) is 6.07 Å². The van der Waals surface area contributed by atoms with Gasteiger partial charge in [-0.3, -0.25) is 9.59 Å². The molecule has 5 rings (SSSR count). The van der Waals surface area contributed by atoms with Crippen molar-refractivity contribution in [2.24, 2.45) is 5.41 Å². The van der Waals surface area contributed by atoms with Crippen molar-refractivity contribution in [1.29, 1.82) is 0 Å². The zero-order chi connectivity index (χ0) is 24.3. The van der Waals surface area contributed by atoms with Gasteiger partial charge in [-0.2, -0.15) is 25.8 Å². The van der Waals surface area contributed by atoms with Gasteiger partial charge >= 0.3 is 12.1 Å². The van der Waals surface area contributed by atoms with Crippen LogP contribution in [0.3, 0.4) is 0 Å². The third-order valence-electron chi connectivity index (χ3n) is 7.24. The van der Waals surface area contributed by atoms with Crippen LogP contribution in [-0.4, -0.2) is 95.4 Å². The Morgan fingerprint density at radius 2 is 1.97 bits per heavy atom. The molecule has 14 heteroatoms. The first-order valence-corrected chi connectivity index (χ1v) is 12.4. The highest BCUT2D eigenvalue weighted by Crippen LogP contribution is 2.47.